The van der Waals surface area contributed by atoms with Crippen LogP contribution in [-0.2, 0) is 0 Å². The van der Waals surface area contributed by atoms with Gasteiger partial charge in [0, 0.05) is 21.1 Å². The number of benzene rings is 3. The lowest BCUT2D eigenvalue weighted by Crippen LogP contribution is -2.13. The number of hydrogen-bond acceptors (Lipinski definition) is 2. The fraction of sp³-hybridized carbons (Fsp3) is 0.0833. The van der Waals surface area contributed by atoms with Crippen molar-refractivity contribution in [3.8, 4) is 11.3 Å². The molecular weight excluding hydrogens is 431 g/mol. The molecule has 1 amide bonds. The second kappa shape index (κ2) is 7.76. The first-order valence-electron chi connectivity index (χ1n) is 9.15. The van der Waals surface area contributed by atoms with Gasteiger partial charge in [-0.15, -0.1) is 0 Å². The predicted molar refractivity (Wildman–Crippen MR) is 119 cm³/mol. The standard InChI is InChI=1S/C24H18BrFN2O/c1-14-11-15(2)23-20(12-14)21(24(29)27-19-9-7-18(26)8-10-19)13-22(28-23)16-3-5-17(25)6-4-16/h3-13H,1-2H3,(H,27,29). The van der Waals surface area contributed by atoms with Crippen molar-refractivity contribution >= 4 is 38.4 Å². The van der Waals surface area contributed by atoms with Crippen LogP contribution in [-0.4, -0.2) is 10.9 Å². The number of nitrogens with zero attached hydrogens (tertiary/aromatic N) is 1. The number of halogens is 2. The second-order valence-corrected chi connectivity index (χ2v) is 7.92. The van der Waals surface area contributed by atoms with Crippen molar-refractivity contribution < 1.29 is 9.18 Å². The van der Waals surface area contributed by atoms with Crippen LogP contribution >= 0.6 is 15.9 Å². The minimum Gasteiger partial charge on any atom is -0.322 e. The van der Waals surface area contributed by atoms with E-state index in [4.69, 9.17) is 4.98 Å². The first-order valence-corrected chi connectivity index (χ1v) is 9.95. The molecule has 29 heavy (non-hydrogen) atoms. The topological polar surface area (TPSA) is 42.0 Å². The lowest BCUT2D eigenvalue weighted by Gasteiger charge is -2.13. The van der Waals surface area contributed by atoms with Crippen LogP contribution in [0.4, 0.5) is 10.1 Å². The van der Waals surface area contributed by atoms with Gasteiger partial charge in [-0.3, -0.25) is 4.79 Å². The van der Waals surface area contributed by atoms with Gasteiger partial charge >= 0.3 is 0 Å². The summed E-state index contributed by atoms with van der Waals surface area (Å²) in [5, 5.41) is 3.66. The van der Waals surface area contributed by atoms with Crippen molar-refractivity contribution in [1.82, 2.24) is 4.98 Å². The SMILES string of the molecule is Cc1cc(C)c2nc(-c3ccc(Br)cc3)cc(C(=O)Nc3ccc(F)cc3)c2c1. The molecule has 0 aliphatic carbocycles. The molecule has 3 nitrogen and oxygen atoms in total. The van der Waals surface area contributed by atoms with Crippen LogP contribution in [0.2, 0.25) is 0 Å². The van der Waals surface area contributed by atoms with Gasteiger partial charge in [-0.1, -0.05) is 39.7 Å². The third kappa shape index (κ3) is 4.05. The highest BCUT2D eigenvalue weighted by atomic mass is 79.9. The summed E-state index contributed by atoms with van der Waals surface area (Å²) in [7, 11) is 0. The maximum atomic E-state index is 13.2. The van der Waals surface area contributed by atoms with Gasteiger partial charge in [0.15, 0.2) is 0 Å². The lowest BCUT2D eigenvalue weighted by molar-refractivity contribution is 0.102. The van der Waals surface area contributed by atoms with Crippen LogP contribution in [0.1, 0.15) is 21.5 Å². The third-order valence-electron chi connectivity index (χ3n) is 4.74. The van der Waals surface area contributed by atoms with Crippen molar-refractivity contribution in [2.75, 3.05) is 5.32 Å². The van der Waals surface area contributed by atoms with Gasteiger partial charge in [-0.2, -0.15) is 0 Å². The highest BCUT2D eigenvalue weighted by Crippen LogP contribution is 2.29. The van der Waals surface area contributed by atoms with E-state index in [1.807, 2.05) is 50.2 Å². The van der Waals surface area contributed by atoms with Gasteiger partial charge in [-0.05, 0) is 67.9 Å². The van der Waals surface area contributed by atoms with Crippen molar-refractivity contribution in [2.24, 2.45) is 0 Å². The molecule has 1 aromatic heterocycles. The van der Waals surface area contributed by atoms with E-state index in [1.54, 1.807) is 12.1 Å². The molecule has 5 heteroatoms. The molecule has 3 aromatic carbocycles. The van der Waals surface area contributed by atoms with Crippen LogP contribution in [0, 0.1) is 19.7 Å². The summed E-state index contributed by atoms with van der Waals surface area (Å²) in [6.07, 6.45) is 0. The molecule has 0 unspecified atom stereocenters. The molecule has 0 spiro atoms. The number of aryl methyl sites for hydroxylation is 2. The van der Waals surface area contributed by atoms with Crippen molar-refractivity contribution in [2.45, 2.75) is 13.8 Å². The Labute approximate surface area is 176 Å². The molecule has 4 aromatic rings. The van der Waals surface area contributed by atoms with Gasteiger partial charge in [0.1, 0.15) is 5.82 Å². The summed E-state index contributed by atoms with van der Waals surface area (Å²) in [6.45, 7) is 3.99. The monoisotopic (exact) mass is 448 g/mol. The molecule has 1 N–H and O–H groups in total. The molecule has 0 radical (unpaired) electrons. The van der Waals surface area contributed by atoms with Gasteiger partial charge in [0.25, 0.3) is 5.91 Å². The summed E-state index contributed by atoms with van der Waals surface area (Å²) in [5.74, 6) is -0.603. The molecule has 0 aliphatic rings. The predicted octanol–water partition coefficient (Wildman–Crippen LogP) is 6.67. The largest absolute Gasteiger partial charge is 0.322 e. The van der Waals surface area contributed by atoms with Gasteiger partial charge < -0.3 is 5.32 Å². The van der Waals surface area contributed by atoms with E-state index in [9.17, 15) is 9.18 Å². The van der Waals surface area contributed by atoms with Crippen molar-refractivity contribution in [3.63, 3.8) is 0 Å². The number of nitrogens with one attached hydrogen (secondary N) is 1. The average molecular weight is 449 g/mol. The van der Waals surface area contributed by atoms with Crippen LogP contribution < -0.4 is 5.32 Å². The smallest absolute Gasteiger partial charge is 0.256 e. The molecule has 0 fully saturated rings. The number of anilines is 1. The molecule has 0 saturated carbocycles. The van der Waals surface area contributed by atoms with Crippen molar-refractivity contribution in [3.05, 3.63) is 93.7 Å². The first kappa shape index (κ1) is 19.3. The number of aromatic nitrogens is 1. The number of carbonyl (C=O) groups excluding carboxylic acids is 1. The minimum absolute atomic E-state index is 0.257. The number of hydrogen-bond donors (Lipinski definition) is 1. The van der Waals surface area contributed by atoms with Crippen LogP contribution in [0.25, 0.3) is 22.2 Å². The number of rotatable bonds is 3. The Bertz CT molecular complexity index is 1220. The van der Waals surface area contributed by atoms with E-state index < -0.39 is 0 Å². The fourth-order valence-corrected chi connectivity index (χ4v) is 3.63. The van der Waals surface area contributed by atoms with E-state index in [1.165, 1.54) is 12.1 Å². The molecule has 0 atom stereocenters. The second-order valence-electron chi connectivity index (χ2n) is 7.00. The molecule has 1 heterocycles. The Morgan fingerprint density at radius 3 is 2.34 bits per heavy atom. The average Bonchev–Trinajstić information content (AvgIpc) is 2.69. The normalized spacial score (nSPS) is 10.9. The van der Waals surface area contributed by atoms with Crippen LogP contribution in [0.5, 0.6) is 0 Å². The Balaban J connectivity index is 1.86. The number of amides is 1. The minimum atomic E-state index is -0.346. The molecule has 0 saturated heterocycles. The zero-order valence-corrected chi connectivity index (χ0v) is 17.5. The molecule has 4 rings (SSSR count). The summed E-state index contributed by atoms with van der Waals surface area (Å²) in [5.41, 5.74) is 5.58. The molecule has 144 valence electrons. The highest BCUT2D eigenvalue weighted by molar-refractivity contribution is 9.10. The maximum Gasteiger partial charge on any atom is 0.256 e. The summed E-state index contributed by atoms with van der Waals surface area (Å²) < 4.78 is 14.2. The van der Waals surface area contributed by atoms with E-state index in [0.717, 1.165) is 37.8 Å². The van der Waals surface area contributed by atoms with Gasteiger partial charge in [0.05, 0.1) is 16.8 Å². The summed E-state index contributed by atoms with van der Waals surface area (Å²) in [6, 6.07) is 19.4. The van der Waals surface area contributed by atoms with E-state index in [0.29, 0.717) is 11.3 Å². The molecule has 0 aliphatic heterocycles. The van der Waals surface area contributed by atoms with Crippen molar-refractivity contribution in [1.29, 1.82) is 0 Å². The van der Waals surface area contributed by atoms with E-state index in [2.05, 4.69) is 27.3 Å². The third-order valence-corrected chi connectivity index (χ3v) is 5.26. The number of carbonyl (C=O) groups is 1. The Morgan fingerprint density at radius 1 is 0.966 bits per heavy atom. The highest BCUT2D eigenvalue weighted by Gasteiger charge is 2.16. The number of pyridine rings is 1. The van der Waals surface area contributed by atoms with Crippen LogP contribution in [0.3, 0.4) is 0 Å². The Hall–Kier alpha value is -3.05. The quantitative estimate of drug-likeness (QED) is 0.380. The zero-order valence-electron chi connectivity index (χ0n) is 16.0. The Morgan fingerprint density at radius 2 is 1.66 bits per heavy atom. The fourth-order valence-electron chi connectivity index (χ4n) is 3.37. The van der Waals surface area contributed by atoms with E-state index in [-0.39, 0.29) is 11.7 Å². The lowest BCUT2D eigenvalue weighted by atomic mass is 9.99. The molecule has 0 bridgehead atoms. The van der Waals surface area contributed by atoms with Gasteiger partial charge in [-0.25, -0.2) is 9.37 Å². The van der Waals surface area contributed by atoms with Gasteiger partial charge in [0.2, 0.25) is 0 Å². The summed E-state index contributed by atoms with van der Waals surface area (Å²) >= 11 is 3.45. The van der Waals surface area contributed by atoms with Crippen LogP contribution in [0.15, 0.2) is 71.2 Å². The maximum absolute atomic E-state index is 13.2. The zero-order chi connectivity index (χ0) is 20.5. The Kier molecular flexibility index (Phi) is 5.16. The summed E-state index contributed by atoms with van der Waals surface area (Å²) in [4.78, 5) is 18.0. The first-order chi connectivity index (χ1) is 13.9. The number of fused-ring (bicyclic) bond motifs is 1. The van der Waals surface area contributed by atoms with E-state index >= 15 is 0 Å². The molecular formula is C24H18BrFN2O.